The van der Waals surface area contributed by atoms with Gasteiger partial charge in [0.05, 0.1) is 17.7 Å². The average Bonchev–Trinajstić information content (AvgIpc) is 3.02. The van der Waals surface area contributed by atoms with Crippen LogP contribution in [0, 0.1) is 0 Å². The standard InChI is InChI=1S/C11H16N6O2S/c1-16(8-2-5-20(18,19)7-8)11-10-13-3-4-17(10)6-9(14-11)15-12/h3-4,6,8,15H,2,5,7,12H2,1H3. The molecule has 108 valence electrons. The Labute approximate surface area is 116 Å². The van der Waals surface area contributed by atoms with Crippen LogP contribution in [0.3, 0.4) is 0 Å². The molecule has 1 aliphatic heterocycles. The summed E-state index contributed by atoms with van der Waals surface area (Å²) in [6.45, 7) is 0. The van der Waals surface area contributed by atoms with Crippen LogP contribution in [-0.4, -0.2) is 47.4 Å². The summed E-state index contributed by atoms with van der Waals surface area (Å²) in [5.74, 6) is 6.91. The third-order valence-electron chi connectivity index (χ3n) is 3.59. The van der Waals surface area contributed by atoms with E-state index >= 15 is 0 Å². The molecular formula is C11H16N6O2S. The summed E-state index contributed by atoms with van der Waals surface area (Å²) >= 11 is 0. The quantitative estimate of drug-likeness (QED) is 0.588. The Morgan fingerprint density at radius 3 is 3.00 bits per heavy atom. The number of nitrogens with two attached hydrogens (primary N) is 1. The number of nitrogens with one attached hydrogen (secondary N) is 1. The molecule has 1 unspecified atom stereocenters. The minimum atomic E-state index is -2.94. The molecule has 1 saturated heterocycles. The third kappa shape index (κ3) is 2.18. The topological polar surface area (TPSA) is 106 Å². The van der Waals surface area contributed by atoms with E-state index < -0.39 is 9.84 Å². The predicted molar refractivity (Wildman–Crippen MR) is 76.3 cm³/mol. The zero-order chi connectivity index (χ0) is 14.3. The molecule has 2 aromatic heterocycles. The van der Waals surface area contributed by atoms with Crippen LogP contribution < -0.4 is 16.2 Å². The van der Waals surface area contributed by atoms with Crippen LogP contribution in [0.15, 0.2) is 18.6 Å². The maximum atomic E-state index is 11.6. The summed E-state index contributed by atoms with van der Waals surface area (Å²) in [5, 5.41) is 0. The van der Waals surface area contributed by atoms with Crippen molar-refractivity contribution >= 4 is 27.1 Å². The second-order valence-electron chi connectivity index (χ2n) is 4.92. The SMILES string of the molecule is CN(c1nc(NN)cn2ccnc12)C1CCS(=O)(=O)C1. The number of fused-ring (bicyclic) bond motifs is 1. The average molecular weight is 296 g/mol. The van der Waals surface area contributed by atoms with Gasteiger partial charge in [0.15, 0.2) is 27.1 Å². The number of aromatic nitrogens is 3. The molecule has 1 fully saturated rings. The van der Waals surface area contributed by atoms with Crippen molar-refractivity contribution < 1.29 is 8.42 Å². The lowest BCUT2D eigenvalue weighted by molar-refractivity contribution is 0.600. The number of rotatable bonds is 3. The van der Waals surface area contributed by atoms with Crippen molar-refractivity contribution in [3.05, 3.63) is 18.6 Å². The Kier molecular flexibility index (Phi) is 3.02. The van der Waals surface area contributed by atoms with Gasteiger partial charge in [0.25, 0.3) is 0 Å². The highest BCUT2D eigenvalue weighted by Gasteiger charge is 2.32. The number of hydrogen-bond acceptors (Lipinski definition) is 7. The fourth-order valence-electron chi connectivity index (χ4n) is 2.48. The van der Waals surface area contributed by atoms with E-state index in [4.69, 9.17) is 5.84 Å². The van der Waals surface area contributed by atoms with Crippen molar-refractivity contribution in [1.29, 1.82) is 0 Å². The first-order valence-corrected chi connectivity index (χ1v) is 8.06. The van der Waals surface area contributed by atoms with Crippen LogP contribution in [0.2, 0.25) is 0 Å². The van der Waals surface area contributed by atoms with E-state index in [0.29, 0.717) is 23.7 Å². The molecule has 8 nitrogen and oxygen atoms in total. The van der Waals surface area contributed by atoms with Gasteiger partial charge in [-0.25, -0.2) is 24.2 Å². The van der Waals surface area contributed by atoms with Gasteiger partial charge >= 0.3 is 0 Å². The molecule has 20 heavy (non-hydrogen) atoms. The molecule has 3 heterocycles. The van der Waals surface area contributed by atoms with Crippen molar-refractivity contribution in [1.82, 2.24) is 14.4 Å². The third-order valence-corrected chi connectivity index (χ3v) is 5.34. The Morgan fingerprint density at radius 2 is 2.35 bits per heavy atom. The van der Waals surface area contributed by atoms with Crippen LogP contribution >= 0.6 is 0 Å². The molecule has 0 amide bonds. The molecule has 0 spiro atoms. The molecule has 0 aliphatic carbocycles. The Bertz CT molecular complexity index is 740. The van der Waals surface area contributed by atoms with Crippen molar-refractivity contribution in [2.24, 2.45) is 5.84 Å². The van der Waals surface area contributed by atoms with E-state index in [1.54, 1.807) is 23.0 Å². The van der Waals surface area contributed by atoms with E-state index in [0.717, 1.165) is 0 Å². The van der Waals surface area contributed by atoms with Crippen LogP contribution in [0.5, 0.6) is 0 Å². The molecule has 0 bridgehead atoms. The lowest BCUT2D eigenvalue weighted by atomic mass is 10.2. The second kappa shape index (κ2) is 4.60. The minimum Gasteiger partial charge on any atom is -0.352 e. The first-order chi connectivity index (χ1) is 9.50. The highest BCUT2D eigenvalue weighted by Crippen LogP contribution is 2.25. The fourth-order valence-corrected chi connectivity index (χ4v) is 4.25. The second-order valence-corrected chi connectivity index (χ2v) is 7.15. The molecule has 0 radical (unpaired) electrons. The maximum Gasteiger partial charge on any atom is 0.180 e. The van der Waals surface area contributed by atoms with Crippen molar-refractivity contribution in [2.75, 3.05) is 28.9 Å². The summed E-state index contributed by atoms with van der Waals surface area (Å²) in [6.07, 6.45) is 5.79. The van der Waals surface area contributed by atoms with Gasteiger partial charge < -0.3 is 14.7 Å². The summed E-state index contributed by atoms with van der Waals surface area (Å²) in [5.41, 5.74) is 3.18. The van der Waals surface area contributed by atoms with Crippen LogP contribution in [0.25, 0.3) is 5.65 Å². The van der Waals surface area contributed by atoms with Crippen LogP contribution in [0.4, 0.5) is 11.6 Å². The van der Waals surface area contributed by atoms with Crippen molar-refractivity contribution in [3.8, 4) is 0 Å². The maximum absolute atomic E-state index is 11.6. The van der Waals surface area contributed by atoms with Gasteiger partial charge in [0.1, 0.15) is 0 Å². The molecule has 3 N–H and O–H groups in total. The normalized spacial score (nSPS) is 21.2. The highest BCUT2D eigenvalue weighted by atomic mass is 32.2. The molecule has 1 atom stereocenters. The minimum absolute atomic E-state index is 0.0824. The number of imidazole rings is 1. The van der Waals surface area contributed by atoms with Gasteiger partial charge in [-0.1, -0.05) is 0 Å². The number of anilines is 2. The predicted octanol–water partition coefficient (Wildman–Crippen LogP) is -0.362. The van der Waals surface area contributed by atoms with Gasteiger partial charge in [-0.15, -0.1) is 0 Å². The largest absolute Gasteiger partial charge is 0.352 e. The van der Waals surface area contributed by atoms with Gasteiger partial charge in [-0.3, -0.25) is 0 Å². The van der Waals surface area contributed by atoms with Gasteiger partial charge in [0.2, 0.25) is 0 Å². The Balaban J connectivity index is 2.02. The van der Waals surface area contributed by atoms with Crippen LogP contribution in [-0.2, 0) is 9.84 Å². The van der Waals surface area contributed by atoms with Crippen molar-refractivity contribution in [3.63, 3.8) is 0 Å². The number of hydrogen-bond donors (Lipinski definition) is 2. The van der Waals surface area contributed by atoms with E-state index in [1.165, 1.54) is 0 Å². The summed E-state index contributed by atoms with van der Waals surface area (Å²) < 4.78 is 25.0. The number of sulfone groups is 1. The molecule has 2 aromatic rings. The van der Waals surface area contributed by atoms with E-state index in [1.807, 2.05) is 11.9 Å². The van der Waals surface area contributed by atoms with E-state index in [-0.39, 0.29) is 17.5 Å². The zero-order valence-corrected chi connectivity index (χ0v) is 11.8. The number of nitrogen functional groups attached to an aromatic ring is 1. The van der Waals surface area contributed by atoms with Gasteiger partial charge in [-0.05, 0) is 6.42 Å². The Morgan fingerprint density at radius 1 is 1.55 bits per heavy atom. The van der Waals surface area contributed by atoms with Gasteiger partial charge in [-0.2, -0.15) is 0 Å². The summed E-state index contributed by atoms with van der Waals surface area (Å²) in [4.78, 5) is 10.5. The highest BCUT2D eigenvalue weighted by molar-refractivity contribution is 7.91. The number of nitrogens with zero attached hydrogens (tertiary/aromatic N) is 4. The molecule has 9 heteroatoms. The smallest absolute Gasteiger partial charge is 0.180 e. The lowest BCUT2D eigenvalue weighted by Crippen LogP contribution is -2.33. The van der Waals surface area contributed by atoms with E-state index in [2.05, 4.69) is 15.4 Å². The molecule has 0 saturated carbocycles. The lowest BCUT2D eigenvalue weighted by Gasteiger charge is -2.25. The monoisotopic (exact) mass is 296 g/mol. The molecule has 1 aliphatic rings. The van der Waals surface area contributed by atoms with Gasteiger partial charge in [0, 0.05) is 25.5 Å². The van der Waals surface area contributed by atoms with Crippen molar-refractivity contribution in [2.45, 2.75) is 12.5 Å². The Hall–Kier alpha value is -1.87. The molecule has 3 rings (SSSR count). The molecule has 0 aromatic carbocycles. The molecular weight excluding hydrogens is 280 g/mol. The summed E-state index contributed by atoms with van der Waals surface area (Å²) in [7, 11) is -1.10. The van der Waals surface area contributed by atoms with E-state index in [9.17, 15) is 8.42 Å². The van der Waals surface area contributed by atoms with Crippen LogP contribution in [0.1, 0.15) is 6.42 Å². The number of hydrazine groups is 1. The first kappa shape index (κ1) is 13.1. The zero-order valence-electron chi connectivity index (χ0n) is 11.0. The fraction of sp³-hybridized carbons (Fsp3) is 0.455. The first-order valence-electron chi connectivity index (χ1n) is 6.24. The summed E-state index contributed by atoms with van der Waals surface area (Å²) in [6, 6.07) is -0.0824.